The molecule has 2 aliphatic heterocycles. The molecule has 186 valence electrons. The first-order valence-electron chi connectivity index (χ1n) is 12.1. The number of para-hydroxylation sites is 1. The second-order valence-corrected chi connectivity index (χ2v) is 8.71. The van der Waals surface area contributed by atoms with Gasteiger partial charge in [-0.3, -0.25) is 14.5 Å². The van der Waals surface area contributed by atoms with Crippen molar-refractivity contribution in [1.82, 2.24) is 9.91 Å². The van der Waals surface area contributed by atoms with E-state index >= 15 is 0 Å². The maximum Gasteiger partial charge on any atom is 0.323 e. The van der Waals surface area contributed by atoms with Crippen molar-refractivity contribution in [3.63, 3.8) is 0 Å². The van der Waals surface area contributed by atoms with Gasteiger partial charge in [-0.2, -0.15) is 5.10 Å². The molecule has 0 aromatic heterocycles. The van der Waals surface area contributed by atoms with Gasteiger partial charge >= 0.3 is 5.97 Å². The number of esters is 1. The van der Waals surface area contributed by atoms with Gasteiger partial charge in [-0.05, 0) is 56.1 Å². The third kappa shape index (κ3) is 5.48. The molecule has 0 spiro atoms. The second kappa shape index (κ2) is 11.4. The van der Waals surface area contributed by atoms with E-state index in [4.69, 9.17) is 19.3 Å². The Labute approximate surface area is 206 Å². The van der Waals surface area contributed by atoms with Gasteiger partial charge < -0.3 is 14.2 Å². The summed E-state index contributed by atoms with van der Waals surface area (Å²) in [5, 5.41) is 6.36. The first-order chi connectivity index (χ1) is 17.0. The Hall–Kier alpha value is -3.39. The van der Waals surface area contributed by atoms with Crippen molar-refractivity contribution in [2.75, 3.05) is 33.9 Å². The number of hydrogen-bond acceptors (Lipinski definition) is 7. The number of carbonyl (C=O) groups is 2. The zero-order valence-electron chi connectivity index (χ0n) is 20.6. The van der Waals surface area contributed by atoms with Crippen molar-refractivity contribution in [2.24, 2.45) is 5.10 Å². The molecule has 1 saturated heterocycles. The fraction of sp³-hybridized carbons (Fsp3) is 0.444. The maximum absolute atomic E-state index is 13.6. The summed E-state index contributed by atoms with van der Waals surface area (Å²) in [4.78, 5) is 28.1. The lowest BCUT2D eigenvalue weighted by Crippen LogP contribution is -2.49. The Kier molecular flexibility index (Phi) is 8.02. The van der Waals surface area contributed by atoms with Crippen molar-refractivity contribution in [1.29, 1.82) is 0 Å². The summed E-state index contributed by atoms with van der Waals surface area (Å²) in [5.41, 5.74) is 2.62. The van der Waals surface area contributed by atoms with Crippen LogP contribution in [0.25, 0.3) is 0 Å². The Morgan fingerprint density at radius 1 is 1.03 bits per heavy atom. The smallest absolute Gasteiger partial charge is 0.323 e. The van der Waals surface area contributed by atoms with E-state index < -0.39 is 6.04 Å². The van der Waals surface area contributed by atoms with E-state index in [1.54, 1.807) is 26.2 Å². The molecule has 1 amide bonds. The first-order valence-corrected chi connectivity index (χ1v) is 12.1. The Balaban J connectivity index is 1.62. The highest BCUT2D eigenvalue weighted by Crippen LogP contribution is 2.36. The van der Waals surface area contributed by atoms with Crippen LogP contribution in [-0.2, 0) is 14.3 Å². The second-order valence-electron chi connectivity index (χ2n) is 8.71. The summed E-state index contributed by atoms with van der Waals surface area (Å²) in [6.45, 7) is 2.92. The minimum atomic E-state index is -0.396. The van der Waals surface area contributed by atoms with Gasteiger partial charge in [-0.25, -0.2) is 5.01 Å². The van der Waals surface area contributed by atoms with Crippen LogP contribution in [0, 0.1) is 0 Å². The van der Waals surface area contributed by atoms with E-state index in [2.05, 4.69) is 0 Å². The van der Waals surface area contributed by atoms with Crippen molar-refractivity contribution in [2.45, 2.75) is 44.7 Å². The van der Waals surface area contributed by atoms with E-state index in [1.165, 1.54) is 0 Å². The zero-order chi connectivity index (χ0) is 24.8. The van der Waals surface area contributed by atoms with Crippen LogP contribution in [0.5, 0.6) is 11.5 Å². The number of hydrazone groups is 1. The summed E-state index contributed by atoms with van der Waals surface area (Å²) < 4.78 is 16.1. The van der Waals surface area contributed by atoms with Crippen LogP contribution in [0.2, 0.25) is 0 Å². The van der Waals surface area contributed by atoms with Crippen molar-refractivity contribution in [3.05, 3.63) is 59.7 Å². The van der Waals surface area contributed by atoms with E-state index in [0.717, 1.165) is 35.4 Å². The number of ether oxygens (including phenoxy) is 3. The van der Waals surface area contributed by atoms with Crippen molar-refractivity contribution < 1.29 is 23.8 Å². The van der Waals surface area contributed by atoms with E-state index in [0.29, 0.717) is 31.7 Å². The summed E-state index contributed by atoms with van der Waals surface area (Å²) in [6.07, 6.45) is 3.15. The van der Waals surface area contributed by atoms with Crippen molar-refractivity contribution in [3.8, 4) is 11.5 Å². The average molecular weight is 480 g/mol. The van der Waals surface area contributed by atoms with E-state index in [1.807, 2.05) is 53.4 Å². The molecule has 8 heteroatoms. The quantitative estimate of drug-likeness (QED) is 0.536. The van der Waals surface area contributed by atoms with Crippen LogP contribution in [0.4, 0.5) is 0 Å². The largest absolute Gasteiger partial charge is 0.497 e. The maximum atomic E-state index is 13.6. The van der Waals surface area contributed by atoms with E-state index in [9.17, 15) is 9.59 Å². The number of rotatable bonds is 8. The van der Waals surface area contributed by atoms with Gasteiger partial charge in [0.25, 0.3) is 5.91 Å². The number of amides is 1. The summed E-state index contributed by atoms with van der Waals surface area (Å²) in [5.74, 6) is 1.06. The van der Waals surface area contributed by atoms with Gasteiger partial charge in [-0.1, -0.05) is 30.7 Å². The van der Waals surface area contributed by atoms with Crippen LogP contribution in [0.3, 0.4) is 0 Å². The summed E-state index contributed by atoms with van der Waals surface area (Å²) in [6, 6.07) is 14.7. The topological polar surface area (TPSA) is 80.7 Å². The van der Waals surface area contributed by atoms with Gasteiger partial charge in [0.2, 0.25) is 0 Å². The SMILES string of the molecule is CCOC(=O)C1CCCCN1CC(=O)N1N=C(c2ccccc2OC)CC1c1ccc(OC)cc1. The number of hydrogen-bond donors (Lipinski definition) is 0. The molecule has 35 heavy (non-hydrogen) atoms. The molecule has 2 aromatic carbocycles. The number of benzene rings is 2. The lowest BCUT2D eigenvalue weighted by molar-refractivity contribution is -0.152. The number of nitrogens with zero attached hydrogens (tertiary/aromatic N) is 3. The highest BCUT2D eigenvalue weighted by Gasteiger charge is 2.37. The third-order valence-corrected chi connectivity index (χ3v) is 6.60. The van der Waals surface area contributed by atoms with Crippen LogP contribution in [-0.4, -0.2) is 67.5 Å². The fourth-order valence-electron chi connectivity index (χ4n) is 4.80. The Bertz CT molecular complexity index is 1070. The summed E-state index contributed by atoms with van der Waals surface area (Å²) in [7, 11) is 3.26. The highest BCUT2D eigenvalue weighted by molar-refractivity contribution is 6.05. The lowest BCUT2D eigenvalue weighted by Gasteiger charge is -2.34. The molecule has 2 unspecified atom stereocenters. The minimum absolute atomic E-state index is 0.110. The molecular weight excluding hydrogens is 446 g/mol. The molecule has 0 saturated carbocycles. The average Bonchev–Trinajstić information content (AvgIpc) is 3.34. The number of likely N-dealkylation sites (tertiary alicyclic amines) is 1. The fourth-order valence-corrected chi connectivity index (χ4v) is 4.80. The molecule has 1 fully saturated rings. The molecule has 8 nitrogen and oxygen atoms in total. The third-order valence-electron chi connectivity index (χ3n) is 6.60. The molecule has 0 aliphatic carbocycles. The highest BCUT2D eigenvalue weighted by atomic mass is 16.5. The van der Waals surface area contributed by atoms with Gasteiger partial charge in [0.15, 0.2) is 0 Å². The molecule has 0 N–H and O–H groups in total. The van der Waals surface area contributed by atoms with E-state index in [-0.39, 0.29) is 24.5 Å². The number of piperidine rings is 1. The van der Waals surface area contributed by atoms with Gasteiger partial charge in [0.05, 0.1) is 39.1 Å². The standard InChI is InChI=1S/C27H33N3O5/c1-4-35-27(32)23-10-7-8-16-29(23)18-26(31)30-24(19-12-14-20(33-2)15-13-19)17-22(28-30)21-9-5-6-11-25(21)34-3/h5-6,9,11-15,23-24H,4,7-8,10,16-18H2,1-3H3. The van der Waals surface area contributed by atoms with Crippen LogP contribution >= 0.6 is 0 Å². The predicted molar refractivity (Wildman–Crippen MR) is 133 cm³/mol. The normalized spacial score (nSPS) is 20.3. The zero-order valence-corrected chi connectivity index (χ0v) is 20.6. The van der Waals surface area contributed by atoms with Crippen LogP contribution < -0.4 is 9.47 Å². The van der Waals surface area contributed by atoms with Crippen LogP contribution in [0.1, 0.15) is 49.8 Å². The lowest BCUT2D eigenvalue weighted by atomic mass is 9.97. The van der Waals surface area contributed by atoms with Gasteiger partial charge in [-0.15, -0.1) is 0 Å². The number of methoxy groups -OCH3 is 2. The monoisotopic (exact) mass is 479 g/mol. The Morgan fingerprint density at radius 2 is 1.80 bits per heavy atom. The van der Waals surface area contributed by atoms with Gasteiger partial charge in [0, 0.05) is 12.0 Å². The van der Waals surface area contributed by atoms with Crippen molar-refractivity contribution >= 4 is 17.6 Å². The predicted octanol–water partition coefficient (Wildman–Crippen LogP) is 3.80. The number of carbonyl (C=O) groups excluding carboxylic acids is 2. The molecule has 2 aliphatic rings. The molecule has 2 heterocycles. The molecular formula is C27H33N3O5. The summed E-state index contributed by atoms with van der Waals surface area (Å²) >= 11 is 0. The first kappa shape index (κ1) is 24.7. The molecule has 2 aromatic rings. The molecule has 0 radical (unpaired) electrons. The molecule has 4 rings (SSSR count). The Morgan fingerprint density at radius 3 is 2.51 bits per heavy atom. The minimum Gasteiger partial charge on any atom is -0.497 e. The molecule has 0 bridgehead atoms. The van der Waals surface area contributed by atoms with Crippen LogP contribution in [0.15, 0.2) is 53.6 Å². The molecule has 2 atom stereocenters. The van der Waals surface area contributed by atoms with Gasteiger partial charge in [0.1, 0.15) is 17.5 Å².